The van der Waals surface area contributed by atoms with E-state index in [0.717, 1.165) is 17.2 Å². The highest BCUT2D eigenvalue weighted by molar-refractivity contribution is 6.01. The number of ether oxygens (including phenoxy) is 2. The third-order valence-electron chi connectivity index (χ3n) is 3.92. The van der Waals surface area contributed by atoms with Crippen molar-refractivity contribution in [3.63, 3.8) is 0 Å². The van der Waals surface area contributed by atoms with Gasteiger partial charge in [0.25, 0.3) is 0 Å². The number of pyridine rings is 1. The molecule has 3 rings (SSSR count). The van der Waals surface area contributed by atoms with Crippen LogP contribution in [0.5, 0.6) is 11.5 Å². The molecule has 0 radical (unpaired) electrons. The topological polar surface area (TPSA) is 78.3 Å². The summed E-state index contributed by atoms with van der Waals surface area (Å²) in [6, 6.07) is 9.05. The molecule has 1 amide bonds. The van der Waals surface area contributed by atoms with E-state index in [4.69, 9.17) is 9.47 Å². The molecule has 1 N–H and O–H groups in total. The number of amides is 1. The van der Waals surface area contributed by atoms with Crippen molar-refractivity contribution in [1.82, 2.24) is 14.5 Å². The van der Waals surface area contributed by atoms with E-state index in [1.807, 2.05) is 29.8 Å². The Labute approximate surface area is 157 Å². The number of rotatable bonds is 6. The predicted molar refractivity (Wildman–Crippen MR) is 103 cm³/mol. The van der Waals surface area contributed by atoms with Crippen molar-refractivity contribution in [3.8, 4) is 17.3 Å². The van der Waals surface area contributed by atoms with Gasteiger partial charge in [-0.15, -0.1) is 0 Å². The number of carbonyl (C=O) groups is 1. The average Bonchev–Trinajstić information content (AvgIpc) is 3.12. The molecular formula is C20H20N4O3. The fourth-order valence-electron chi connectivity index (χ4n) is 2.53. The van der Waals surface area contributed by atoms with Crippen LogP contribution in [0.1, 0.15) is 11.4 Å². The van der Waals surface area contributed by atoms with Crippen molar-refractivity contribution in [3.05, 3.63) is 66.4 Å². The number of anilines is 1. The Bertz CT molecular complexity index is 962. The van der Waals surface area contributed by atoms with Gasteiger partial charge in [-0.1, -0.05) is 6.07 Å². The number of aryl methyl sites for hydroxylation is 1. The van der Waals surface area contributed by atoms with Gasteiger partial charge >= 0.3 is 0 Å². The second-order valence-electron chi connectivity index (χ2n) is 5.69. The SMILES string of the molecule is COc1ccc(C=CC(=O)Nc2ccc(-n3ccnc3C)nc2)cc1OC. The molecule has 2 heterocycles. The van der Waals surface area contributed by atoms with Crippen molar-refractivity contribution in [1.29, 1.82) is 0 Å². The lowest BCUT2D eigenvalue weighted by molar-refractivity contribution is -0.111. The molecule has 138 valence electrons. The lowest BCUT2D eigenvalue weighted by Gasteiger charge is -2.08. The van der Waals surface area contributed by atoms with Crippen LogP contribution in [0.2, 0.25) is 0 Å². The molecule has 3 aromatic rings. The number of carbonyl (C=O) groups excluding carboxylic acids is 1. The fourth-order valence-corrected chi connectivity index (χ4v) is 2.53. The fraction of sp³-hybridized carbons (Fsp3) is 0.150. The number of aromatic nitrogens is 3. The average molecular weight is 364 g/mol. The molecule has 2 aromatic heterocycles. The van der Waals surface area contributed by atoms with Crippen LogP contribution in [0, 0.1) is 6.92 Å². The van der Waals surface area contributed by atoms with E-state index in [0.29, 0.717) is 17.2 Å². The zero-order valence-electron chi connectivity index (χ0n) is 15.3. The van der Waals surface area contributed by atoms with Gasteiger partial charge in [-0.3, -0.25) is 9.36 Å². The Morgan fingerprint density at radius 3 is 2.56 bits per heavy atom. The molecule has 0 aliphatic heterocycles. The Morgan fingerprint density at radius 2 is 1.93 bits per heavy atom. The number of nitrogens with one attached hydrogen (secondary N) is 1. The highest BCUT2D eigenvalue weighted by Gasteiger charge is 2.05. The van der Waals surface area contributed by atoms with Gasteiger partial charge in [0.1, 0.15) is 11.6 Å². The Morgan fingerprint density at radius 1 is 1.11 bits per heavy atom. The number of nitrogens with zero attached hydrogens (tertiary/aromatic N) is 3. The van der Waals surface area contributed by atoms with Gasteiger partial charge in [-0.2, -0.15) is 0 Å². The molecule has 0 aliphatic rings. The van der Waals surface area contributed by atoms with Gasteiger partial charge in [0.15, 0.2) is 11.5 Å². The monoisotopic (exact) mass is 364 g/mol. The standard InChI is InChI=1S/C20H20N4O3/c1-14-21-10-11-24(14)19-8-6-16(13-22-19)23-20(25)9-5-15-4-7-17(26-2)18(12-15)27-3/h4-13H,1-3H3,(H,23,25). The molecule has 0 atom stereocenters. The summed E-state index contributed by atoms with van der Waals surface area (Å²) in [4.78, 5) is 20.7. The van der Waals surface area contributed by atoms with Gasteiger partial charge < -0.3 is 14.8 Å². The first-order valence-corrected chi connectivity index (χ1v) is 8.28. The van der Waals surface area contributed by atoms with E-state index < -0.39 is 0 Å². The summed E-state index contributed by atoms with van der Waals surface area (Å²) in [5.74, 6) is 2.58. The molecule has 0 unspecified atom stereocenters. The first kappa shape index (κ1) is 18.2. The predicted octanol–water partition coefficient (Wildman–Crippen LogP) is 3.24. The maximum absolute atomic E-state index is 12.1. The van der Waals surface area contributed by atoms with Crippen LogP contribution in [-0.2, 0) is 4.79 Å². The molecule has 0 spiro atoms. The molecule has 0 fully saturated rings. The van der Waals surface area contributed by atoms with Crippen molar-refractivity contribution in [2.75, 3.05) is 19.5 Å². The number of imidazole rings is 1. The highest BCUT2D eigenvalue weighted by atomic mass is 16.5. The summed E-state index contributed by atoms with van der Waals surface area (Å²) in [5, 5.41) is 2.78. The molecule has 27 heavy (non-hydrogen) atoms. The van der Waals surface area contributed by atoms with Crippen LogP contribution in [0.15, 0.2) is 55.0 Å². The van der Waals surface area contributed by atoms with Gasteiger partial charge in [0.05, 0.1) is 26.1 Å². The summed E-state index contributed by atoms with van der Waals surface area (Å²) < 4.78 is 12.3. The number of hydrogen-bond acceptors (Lipinski definition) is 5. The van der Waals surface area contributed by atoms with Gasteiger partial charge in [0, 0.05) is 18.5 Å². The van der Waals surface area contributed by atoms with E-state index in [2.05, 4.69) is 15.3 Å². The smallest absolute Gasteiger partial charge is 0.248 e. The summed E-state index contributed by atoms with van der Waals surface area (Å²) in [6.07, 6.45) is 8.31. The van der Waals surface area contributed by atoms with Crippen LogP contribution in [0.25, 0.3) is 11.9 Å². The van der Waals surface area contributed by atoms with Gasteiger partial charge in [-0.25, -0.2) is 9.97 Å². The molecule has 0 bridgehead atoms. The third-order valence-corrected chi connectivity index (χ3v) is 3.92. The van der Waals surface area contributed by atoms with Gasteiger partial charge in [0.2, 0.25) is 5.91 Å². The van der Waals surface area contributed by atoms with Crippen molar-refractivity contribution < 1.29 is 14.3 Å². The van der Waals surface area contributed by atoms with Crippen LogP contribution in [-0.4, -0.2) is 34.7 Å². The van der Waals surface area contributed by atoms with Crippen LogP contribution in [0.4, 0.5) is 5.69 Å². The minimum Gasteiger partial charge on any atom is -0.493 e. The summed E-state index contributed by atoms with van der Waals surface area (Å²) in [6.45, 7) is 1.90. The van der Waals surface area contributed by atoms with E-state index >= 15 is 0 Å². The van der Waals surface area contributed by atoms with Crippen molar-refractivity contribution in [2.24, 2.45) is 0 Å². The number of hydrogen-bond donors (Lipinski definition) is 1. The lowest BCUT2D eigenvalue weighted by Crippen LogP contribution is -2.08. The number of benzene rings is 1. The largest absolute Gasteiger partial charge is 0.493 e. The van der Waals surface area contributed by atoms with Crippen molar-refractivity contribution >= 4 is 17.7 Å². The molecule has 0 saturated heterocycles. The molecule has 1 aromatic carbocycles. The molecule has 0 aliphatic carbocycles. The van der Waals surface area contributed by atoms with Crippen molar-refractivity contribution in [2.45, 2.75) is 6.92 Å². The zero-order valence-corrected chi connectivity index (χ0v) is 15.3. The van der Waals surface area contributed by atoms with E-state index in [1.165, 1.54) is 6.08 Å². The molecule has 7 heteroatoms. The summed E-state index contributed by atoms with van der Waals surface area (Å²) >= 11 is 0. The summed E-state index contributed by atoms with van der Waals surface area (Å²) in [5.41, 5.74) is 1.44. The third kappa shape index (κ3) is 4.33. The Hall–Kier alpha value is -3.61. The minimum atomic E-state index is -0.252. The van der Waals surface area contributed by atoms with Crippen LogP contribution < -0.4 is 14.8 Å². The molecule has 0 saturated carbocycles. The normalized spacial score (nSPS) is 10.8. The first-order valence-electron chi connectivity index (χ1n) is 8.28. The van der Waals surface area contributed by atoms with Crippen LogP contribution in [0.3, 0.4) is 0 Å². The summed E-state index contributed by atoms with van der Waals surface area (Å²) in [7, 11) is 3.15. The molecular weight excluding hydrogens is 344 g/mol. The highest BCUT2D eigenvalue weighted by Crippen LogP contribution is 2.27. The van der Waals surface area contributed by atoms with E-state index in [9.17, 15) is 4.79 Å². The molecule has 7 nitrogen and oxygen atoms in total. The number of methoxy groups -OCH3 is 2. The quantitative estimate of drug-likeness (QED) is 0.680. The first-order chi connectivity index (χ1) is 13.1. The minimum absolute atomic E-state index is 0.252. The van der Waals surface area contributed by atoms with E-state index in [1.54, 1.807) is 50.9 Å². The van der Waals surface area contributed by atoms with Crippen LogP contribution >= 0.6 is 0 Å². The lowest BCUT2D eigenvalue weighted by atomic mass is 10.2. The maximum atomic E-state index is 12.1. The zero-order chi connectivity index (χ0) is 19.2. The maximum Gasteiger partial charge on any atom is 0.248 e. The second kappa shape index (κ2) is 8.18. The second-order valence-corrected chi connectivity index (χ2v) is 5.69. The Kier molecular flexibility index (Phi) is 5.51. The Balaban J connectivity index is 1.65. The van der Waals surface area contributed by atoms with E-state index in [-0.39, 0.29) is 5.91 Å². The van der Waals surface area contributed by atoms with Gasteiger partial charge in [-0.05, 0) is 42.8 Å².